The van der Waals surface area contributed by atoms with E-state index in [-0.39, 0.29) is 5.91 Å². The number of amides is 1. The fourth-order valence-electron chi connectivity index (χ4n) is 4.03. The minimum atomic E-state index is -0.0122. The Kier molecular flexibility index (Phi) is 11.2. The third-order valence-corrected chi connectivity index (χ3v) is 5.96. The van der Waals surface area contributed by atoms with Crippen molar-refractivity contribution < 1.29 is 14.3 Å². The lowest BCUT2D eigenvalue weighted by molar-refractivity contribution is 0.0729. The molecule has 1 aromatic carbocycles. The summed E-state index contributed by atoms with van der Waals surface area (Å²) in [7, 11) is 1.71. The maximum Gasteiger partial charge on any atom is 0.254 e. The first kappa shape index (κ1) is 27.6. The number of pyridine rings is 1. The highest BCUT2D eigenvalue weighted by Crippen LogP contribution is 2.20. The maximum absolute atomic E-state index is 13.7. The number of carbonyl (C=O) groups is 1. The summed E-state index contributed by atoms with van der Waals surface area (Å²) in [5.74, 6) is 2.05. The lowest BCUT2D eigenvalue weighted by Crippen LogP contribution is -2.33. The second-order valence-corrected chi connectivity index (χ2v) is 9.41. The summed E-state index contributed by atoms with van der Waals surface area (Å²) >= 11 is 0. The first-order valence-electron chi connectivity index (χ1n) is 13.0. The average molecular weight is 496 g/mol. The lowest BCUT2D eigenvalue weighted by atomic mass is 10.1. The van der Waals surface area contributed by atoms with Gasteiger partial charge in [-0.25, -0.2) is 9.97 Å². The van der Waals surface area contributed by atoms with Gasteiger partial charge in [0.25, 0.3) is 5.91 Å². The average Bonchev–Trinajstić information content (AvgIpc) is 3.23. The molecule has 1 amide bonds. The number of nitrogens with zero attached hydrogens (tertiary/aromatic N) is 4. The fraction of sp³-hybridized carbons (Fsp3) is 0.536. The van der Waals surface area contributed by atoms with Crippen LogP contribution in [0.2, 0.25) is 0 Å². The highest BCUT2D eigenvalue weighted by atomic mass is 16.5. The number of ether oxygens (including phenoxy) is 2. The van der Waals surface area contributed by atoms with Crippen LogP contribution in [-0.4, -0.2) is 65.3 Å². The Morgan fingerprint density at radius 1 is 1.17 bits per heavy atom. The molecule has 2 heterocycles. The number of nitrogens with one attached hydrogen (secondary N) is 1. The van der Waals surface area contributed by atoms with Gasteiger partial charge in [0, 0.05) is 45.1 Å². The van der Waals surface area contributed by atoms with E-state index in [4.69, 9.17) is 14.5 Å². The number of aryl methyl sites for hydroxylation is 1. The van der Waals surface area contributed by atoms with Crippen molar-refractivity contribution in [3.05, 3.63) is 54.0 Å². The second-order valence-electron chi connectivity index (χ2n) is 9.41. The van der Waals surface area contributed by atoms with Crippen LogP contribution >= 0.6 is 0 Å². The summed E-state index contributed by atoms with van der Waals surface area (Å²) in [6.07, 6.45) is 4.65. The maximum atomic E-state index is 13.7. The van der Waals surface area contributed by atoms with Crippen molar-refractivity contribution in [3.8, 4) is 5.75 Å². The number of methoxy groups -OCH3 is 1. The van der Waals surface area contributed by atoms with E-state index in [1.807, 2.05) is 41.3 Å². The molecule has 3 rings (SSSR count). The van der Waals surface area contributed by atoms with Crippen LogP contribution in [0.5, 0.6) is 5.75 Å². The molecule has 0 radical (unpaired) electrons. The Morgan fingerprint density at radius 2 is 2.03 bits per heavy atom. The van der Waals surface area contributed by atoms with Gasteiger partial charge in [-0.1, -0.05) is 26.8 Å². The topological polar surface area (TPSA) is 81.5 Å². The Hall–Kier alpha value is -2.97. The third kappa shape index (κ3) is 8.03. The molecule has 3 aromatic rings. The van der Waals surface area contributed by atoms with Gasteiger partial charge in [0.2, 0.25) is 0 Å². The molecule has 8 heteroatoms. The van der Waals surface area contributed by atoms with Gasteiger partial charge in [-0.05, 0) is 62.1 Å². The summed E-state index contributed by atoms with van der Waals surface area (Å²) in [5.41, 5.74) is 2.36. The van der Waals surface area contributed by atoms with E-state index in [0.717, 1.165) is 62.5 Å². The van der Waals surface area contributed by atoms with Crippen molar-refractivity contribution >= 4 is 17.1 Å². The van der Waals surface area contributed by atoms with Crippen molar-refractivity contribution in [1.29, 1.82) is 0 Å². The summed E-state index contributed by atoms with van der Waals surface area (Å²) in [6.45, 7) is 11.3. The van der Waals surface area contributed by atoms with Crippen LogP contribution in [0, 0.1) is 5.92 Å². The molecule has 0 spiro atoms. The predicted octanol–water partition coefficient (Wildman–Crippen LogP) is 4.53. The number of fused-ring (bicyclic) bond motifs is 1. The van der Waals surface area contributed by atoms with Crippen LogP contribution in [0.3, 0.4) is 0 Å². The van der Waals surface area contributed by atoms with E-state index in [0.29, 0.717) is 36.9 Å². The Labute approximate surface area is 215 Å². The normalized spacial score (nSPS) is 11.4. The number of imidazole rings is 1. The van der Waals surface area contributed by atoms with Crippen molar-refractivity contribution in [2.24, 2.45) is 5.92 Å². The number of rotatable bonds is 16. The molecule has 0 aliphatic carbocycles. The van der Waals surface area contributed by atoms with Gasteiger partial charge in [0.15, 0.2) is 5.65 Å². The molecule has 0 fully saturated rings. The molecular weight excluding hydrogens is 454 g/mol. The molecule has 0 saturated carbocycles. The van der Waals surface area contributed by atoms with E-state index in [9.17, 15) is 4.79 Å². The van der Waals surface area contributed by atoms with Crippen LogP contribution in [-0.2, 0) is 17.8 Å². The summed E-state index contributed by atoms with van der Waals surface area (Å²) in [4.78, 5) is 25.0. The smallest absolute Gasteiger partial charge is 0.254 e. The number of hydrogen-bond donors (Lipinski definition) is 1. The van der Waals surface area contributed by atoms with Gasteiger partial charge in [-0.3, -0.25) is 4.79 Å². The number of carbonyl (C=O) groups excluding carboxylic acids is 1. The molecule has 0 aliphatic heterocycles. The van der Waals surface area contributed by atoms with E-state index in [1.165, 1.54) is 0 Å². The fourth-order valence-corrected chi connectivity index (χ4v) is 4.03. The zero-order chi connectivity index (χ0) is 25.8. The molecule has 196 valence electrons. The molecule has 0 bridgehead atoms. The van der Waals surface area contributed by atoms with Crippen LogP contribution in [0.25, 0.3) is 11.2 Å². The standard InChI is InChI=1S/C28H41N5O3/c1-5-16-33-26(31-25-11-7-14-30-27(25)33)21-32(17-12-22(2)3)28(34)23-9-6-10-24(20-23)36-19-15-29-13-8-18-35-4/h6-7,9-11,14,20,22,29H,5,8,12-13,15-19,21H2,1-4H3. The molecule has 0 saturated heterocycles. The van der Waals surface area contributed by atoms with Crippen LogP contribution < -0.4 is 10.1 Å². The van der Waals surface area contributed by atoms with E-state index < -0.39 is 0 Å². The van der Waals surface area contributed by atoms with E-state index in [1.54, 1.807) is 13.3 Å². The Balaban J connectivity index is 1.72. The number of aromatic nitrogens is 3. The summed E-state index contributed by atoms with van der Waals surface area (Å²) in [5, 5.41) is 3.33. The molecule has 2 aromatic heterocycles. The Bertz CT molecular complexity index is 1080. The van der Waals surface area contributed by atoms with Crippen LogP contribution in [0.1, 0.15) is 56.2 Å². The molecule has 8 nitrogen and oxygen atoms in total. The van der Waals surface area contributed by atoms with Crippen molar-refractivity contribution in [2.75, 3.05) is 40.0 Å². The first-order chi connectivity index (χ1) is 17.5. The molecular formula is C28H41N5O3. The van der Waals surface area contributed by atoms with Gasteiger partial charge < -0.3 is 24.3 Å². The summed E-state index contributed by atoms with van der Waals surface area (Å²) < 4.78 is 13.1. The predicted molar refractivity (Wildman–Crippen MR) is 143 cm³/mol. The molecule has 0 atom stereocenters. The summed E-state index contributed by atoms with van der Waals surface area (Å²) in [6, 6.07) is 11.4. The zero-order valence-corrected chi connectivity index (χ0v) is 22.2. The minimum Gasteiger partial charge on any atom is -0.492 e. The van der Waals surface area contributed by atoms with E-state index in [2.05, 4.69) is 35.6 Å². The van der Waals surface area contributed by atoms with Gasteiger partial charge in [-0.2, -0.15) is 0 Å². The van der Waals surface area contributed by atoms with Crippen molar-refractivity contribution in [3.63, 3.8) is 0 Å². The Morgan fingerprint density at radius 3 is 2.81 bits per heavy atom. The zero-order valence-electron chi connectivity index (χ0n) is 22.2. The van der Waals surface area contributed by atoms with Gasteiger partial charge in [0.1, 0.15) is 23.7 Å². The molecule has 0 unspecified atom stereocenters. The second kappa shape index (κ2) is 14.6. The van der Waals surface area contributed by atoms with E-state index >= 15 is 0 Å². The lowest BCUT2D eigenvalue weighted by Gasteiger charge is -2.24. The van der Waals surface area contributed by atoms with Crippen LogP contribution in [0.4, 0.5) is 0 Å². The largest absolute Gasteiger partial charge is 0.492 e. The highest BCUT2D eigenvalue weighted by Gasteiger charge is 2.21. The monoisotopic (exact) mass is 495 g/mol. The highest BCUT2D eigenvalue weighted by molar-refractivity contribution is 5.94. The van der Waals surface area contributed by atoms with Gasteiger partial charge >= 0.3 is 0 Å². The number of hydrogen-bond acceptors (Lipinski definition) is 6. The van der Waals surface area contributed by atoms with Crippen molar-refractivity contribution in [2.45, 2.75) is 53.1 Å². The molecule has 0 aliphatic rings. The van der Waals surface area contributed by atoms with Crippen LogP contribution in [0.15, 0.2) is 42.6 Å². The third-order valence-electron chi connectivity index (χ3n) is 5.96. The van der Waals surface area contributed by atoms with Crippen molar-refractivity contribution in [1.82, 2.24) is 24.8 Å². The molecule has 1 N–H and O–H groups in total. The van der Waals surface area contributed by atoms with Gasteiger partial charge in [0.05, 0.1) is 6.54 Å². The molecule has 36 heavy (non-hydrogen) atoms. The first-order valence-corrected chi connectivity index (χ1v) is 13.0. The number of benzene rings is 1. The quantitative estimate of drug-likeness (QED) is 0.294. The van der Waals surface area contributed by atoms with Gasteiger partial charge in [-0.15, -0.1) is 0 Å². The SMILES string of the molecule is CCCn1c(CN(CCC(C)C)C(=O)c2cccc(OCCNCCCOC)c2)nc2cccnc21. The minimum absolute atomic E-state index is 0.0122.